The molecule has 2 saturated heterocycles. The molecule has 2 aliphatic heterocycles. The van der Waals surface area contributed by atoms with Crippen LogP contribution in [0.3, 0.4) is 0 Å². The number of halogens is 2. The summed E-state index contributed by atoms with van der Waals surface area (Å²) in [6.07, 6.45) is 5.00. The molecule has 5 nitrogen and oxygen atoms in total. The third kappa shape index (κ3) is 3.00. The summed E-state index contributed by atoms with van der Waals surface area (Å²) < 4.78 is 0.827. The first-order valence-corrected chi connectivity index (χ1v) is 9.03. The predicted octanol–water partition coefficient (Wildman–Crippen LogP) is 3.10. The first kappa shape index (κ1) is 15.8. The average molecular weight is 408 g/mol. The maximum absolute atomic E-state index is 12.6. The molecule has 0 spiro atoms. The van der Waals surface area contributed by atoms with Crippen molar-refractivity contribution in [2.24, 2.45) is 11.8 Å². The number of likely N-dealkylation sites (tertiary alicyclic amines) is 1. The minimum absolute atomic E-state index is 0.0642. The lowest BCUT2D eigenvalue weighted by atomic mass is 10.0. The zero-order valence-electron chi connectivity index (χ0n) is 12.9. The number of carbonyl (C=O) groups excluding carboxylic acids is 1. The van der Waals surface area contributed by atoms with Crippen molar-refractivity contribution in [3.8, 4) is 0 Å². The van der Waals surface area contributed by atoms with Crippen LogP contribution in [0.25, 0.3) is 0 Å². The Labute approximate surface area is 153 Å². The summed E-state index contributed by atoms with van der Waals surface area (Å²) in [5.41, 5.74) is 0.639. The Morgan fingerprint density at radius 3 is 2.50 bits per heavy atom. The highest BCUT2D eigenvalue weighted by molar-refractivity contribution is 9.10. The maximum atomic E-state index is 12.6. The van der Waals surface area contributed by atoms with Gasteiger partial charge in [0.1, 0.15) is 5.82 Å². The van der Waals surface area contributed by atoms with Gasteiger partial charge in [-0.2, -0.15) is 0 Å². The van der Waals surface area contributed by atoms with E-state index >= 15 is 0 Å². The summed E-state index contributed by atoms with van der Waals surface area (Å²) in [4.78, 5) is 25.4. The molecule has 124 valence electrons. The fourth-order valence-corrected chi connectivity index (χ4v) is 4.09. The summed E-state index contributed by atoms with van der Waals surface area (Å²) in [6.45, 7) is 3.44. The van der Waals surface area contributed by atoms with E-state index in [2.05, 4.69) is 30.8 Å². The van der Waals surface area contributed by atoms with Gasteiger partial charge in [-0.05, 0) is 34.1 Å². The van der Waals surface area contributed by atoms with Gasteiger partial charge < -0.3 is 9.80 Å². The molecule has 0 radical (unpaired) electrons. The molecule has 0 N–H and O–H groups in total. The van der Waals surface area contributed by atoms with Crippen molar-refractivity contribution in [2.45, 2.75) is 0 Å². The maximum Gasteiger partial charge on any atom is 0.255 e. The van der Waals surface area contributed by atoms with E-state index in [4.69, 9.17) is 11.6 Å². The molecule has 0 bridgehead atoms. The molecule has 2 unspecified atom stereocenters. The predicted molar refractivity (Wildman–Crippen MR) is 96.3 cm³/mol. The fourth-order valence-electron chi connectivity index (χ4n) is 3.61. The monoisotopic (exact) mass is 406 g/mol. The van der Waals surface area contributed by atoms with Crippen LogP contribution < -0.4 is 4.90 Å². The summed E-state index contributed by atoms with van der Waals surface area (Å²) in [5.74, 6) is 2.01. The zero-order chi connectivity index (χ0) is 16.7. The van der Waals surface area contributed by atoms with Crippen molar-refractivity contribution < 1.29 is 4.79 Å². The van der Waals surface area contributed by atoms with E-state index in [1.807, 2.05) is 23.1 Å². The third-order valence-electron chi connectivity index (χ3n) is 4.76. The molecule has 1 amide bonds. The molecule has 24 heavy (non-hydrogen) atoms. The number of nitrogens with zero attached hydrogens (tertiary/aromatic N) is 4. The van der Waals surface area contributed by atoms with Gasteiger partial charge >= 0.3 is 0 Å². The molecule has 4 rings (SSSR count). The fraction of sp³-hybridized carbons (Fsp3) is 0.353. The van der Waals surface area contributed by atoms with Gasteiger partial charge in [0.25, 0.3) is 5.91 Å². The van der Waals surface area contributed by atoms with E-state index in [9.17, 15) is 4.79 Å². The van der Waals surface area contributed by atoms with Crippen LogP contribution in [0.4, 0.5) is 5.82 Å². The summed E-state index contributed by atoms with van der Waals surface area (Å²) in [6, 6.07) is 5.65. The van der Waals surface area contributed by atoms with Crippen molar-refractivity contribution >= 4 is 39.3 Å². The summed E-state index contributed by atoms with van der Waals surface area (Å²) in [5, 5.41) is 0.651. The van der Waals surface area contributed by atoms with Crippen molar-refractivity contribution in [1.29, 1.82) is 0 Å². The molecule has 2 aromatic heterocycles. The summed E-state index contributed by atoms with van der Waals surface area (Å²) in [7, 11) is 0. The van der Waals surface area contributed by atoms with E-state index in [0.29, 0.717) is 22.4 Å². The van der Waals surface area contributed by atoms with Crippen molar-refractivity contribution in [1.82, 2.24) is 14.9 Å². The number of hydrogen-bond donors (Lipinski definition) is 0. The summed E-state index contributed by atoms with van der Waals surface area (Å²) >= 11 is 9.27. The minimum Gasteiger partial charge on any atom is -0.356 e. The van der Waals surface area contributed by atoms with E-state index < -0.39 is 0 Å². The number of amides is 1. The second kappa shape index (κ2) is 6.33. The Hall–Kier alpha value is -1.66. The number of anilines is 1. The van der Waals surface area contributed by atoms with Gasteiger partial charge in [0.15, 0.2) is 0 Å². The van der Waals surface area contributed by atoms with Crippen LogP contribution in [0.15, 0.2) is 41.3 Å². The quantitative estimate of drug-likeness (QED) is 0.767. The highest BCUT2D eigenvalue weighted by Crippen LogP contribution is 2.34. The van der Waals surface area contributed by atoms with E-state index in [0.717, 1.165) is 36.5 Å². The van der Waals surface area contributed by atoms with E-state index in [1.165, 1.54) is 0 Å². The Morgan fingerprint density at radius 2 is 1.88 bits per heavy atom. The molecular weight excluding hydrogens is 392 g/mol. The minimum atomic E-state index is 0.0642. The van der Waals surface area contributed by atoms with E-state index in [1.54, 1.807) is 18.6 Å². The first-order valence-electron chi connectivity index (χ1n) is 7.86. The molecule has 0 aromatic carbocycles. The van der Waals surface area contributed by atoms with Gasteiger partial charge in [0.2, 0.25) is 0 Å². The number of pyridine rings is 2. The lowest BCUT2D eigenvalue weighted by Crippen LogP contribution is -2.33. The van der Waals surface area contributed by atoms with Gasteiger partial charge in [-0.1, -0.05) is 11.6 Å². The molecule has 2 atom stereocenters. The van der Waals surface area contributed by atoms with Gasteiger partial charge in [-0.15, -0.1) is 0 Å². The molecule has 0 saturated carbocycles. The molecule has 7 heteroatoms. The molecule has 4 heterocycles. The standard InChI is InChI=1S/C17H16BrClN4O/c18-14-3-11(4-20-5-14)17(24)23-9-12-7-22(8-13(12)10-23)16-2-1-15(19)6-21-16/h1-6,12-13H,7-10H2. The number of aromatic nitrogens is 2. The Morgan fingerprint density at radius 1 is 1.12 bits per heavy atom. The van der Waals surface area contributed by atoms with Crippen molar-refractivity contribution in [3.63, 3.8) is 0 Å². The Balaban J connectivity index is 1.42. The molecule has 0 aliphatic carbocycles. The number of rotatable bonds is 2. The van der Waals surface area contributed by atoms with Crippen LogP contribution in [0.1, 0.15) is 10.4 Å². The van der Waals surface area contributed by atoms with Crippen molar-refractivity contribution in [3.05, 3.63) is 51.8 Å². The highest BCUT2D eigenvalue weighted by atomic mass is 79.9. The number of carbonyl (C=O) groups is 1. The number of fused-ring (bicyclic) bond motifs is 1. The van der Waals surface area contributed by atoms with Crippen LogP contribution in [-0.4, -0.2) is 47.0 Å². The number of hydrogen-bond acceptors (Lipinski definition) is 4. The molecule has 2 fully saturated rings. The second-order valence-electron chi connectivity index (χ2n) is 6.36. The van der Waals surface area contributed by atoms with Gasteiger partial charge in [0, 0.05) is 61.1 Å². The second-order valence-corrected chi connectivity index (χ2v) is 7.71. The van der Waals surface area contributed by atoms with Crippen LogP contribution in [-0.2, 0) is 0 Å². The van der Waals surface area contributed by atoms with Gasteiger partial charge in [-0.3, -0.25) is 9.78 Å². The van der Waals surface area contributed by atoms with E-state index in [-0.39, 0.29) is 5.91 Å². The Bertz CT molecular complexity index is 755. The highest BCUT2D eigenvalue weighted by Gasteiger charge is 2.42. The van der Waals surface area contributed by atoms with Gasteiger partial charge in [0.05, 0.1) is 10.6 Å². The lowest BCUT2D eigenvalue weighted by molar-refractivity contribution is 0.0782. The van der Waals surface area contributed by atoms with Crippen LogP contribution in [0, 0.1) is 11.8 Å². The largest absolute Gasteiger partial charge is 0.356 e. The average Bonchev–Trinajstić information content (AvgIpc) is 3.13. The zero-order valence-corrected chi connectivity index (χ0v) is 15.2. The van der Waals surface area contributed by atoms with Crippen LogP contribution in [0.2, 0.25) is 5.02 Å². The normalized spacial score (nSPS) is 22.8. The van der Waals surface area contributed by atoms with Crippen LogP contribution >= 0.6 is 27.5 Å². The topological polar surface area (TPSA) is 49.3 Å². The lowest BCUT2D eigenvalue weighted by Gasteiger charge is -2.22. The third-order valence-corrected chi connectivity index (χ3v) is 5.42. The first-order chi connectivity index (χ1) is 11.6. The molecule has 2 aromatic rings. The van der Waals surface area contributed by atoms with Crippen molar-refractivity contribution in [2.75, 3.05) is 31.1 Å². The Kier molecular flexibility index (Phi) is 4.18. The SMILES string of the molecule is O=C(c1cncc(Br)c1)N1CC2CN(c3ccc(Cl)cn3)CC2C1. The van der Waals surface area contributed by atoms with Gasteiger partial charge in [-0.25, -0.2) is 4.98 Å². The molecule has 2 aliphatic rings. The smallest absolute Gasteiger partial charge is 0.255 e. The van der Waals surface area contributed by atoms with Crippen LogP contribution in [0.5, 0.6) is 0 Å². The molecular formula is C17H16BrClN4O.